The number of pyridine rings is 1. The van der Waals surface area contributed by atoms with E-state index in [0.29, 0.717) is 5.02 Å². The van der Waals surface area contributed by atoms with Crippen LogP contribution in [0.25, 0.3) is 0 Å². The average molecular weight is 262 g/mol. The second kappa shape index (κ2) is 3.84. The summed E-state index contributed by atoms with van der Waals surface area (Å²) in [5.41, 5.74) is 0. The topological polar surface area (TPSA) is 24.9 Å². The van der Waals surface area contributed by atoms with Crippen LogP contribution in [0.2, 0.25) is 5.02 Å². The first-order chi connectivity index (χ1) is 6.25. The fraction of sp³-hybridized carbons (Fsp3) is 0.444. The van der Waals surface area contributed by atoms with Gasteiger partial charge in [-0.2, -0.15) is 0 Å². The van der Waals surface area contributed by atoms with Gasteiger partial charge in [-0.1, -0.05) is 11.6 Å². The molecule has 1 saturated carbocycles. The van der Waals surface area contributed by atoms with Crippen molar-refractivity contribution in [2.24, 2.45) is 5.92 Å². The quantitative estimate of drug-likeness (QED) is 0.903. The van der Waals surface area contributed by atoms with Gasteiger partial charge in [-0.25, -0.2) is 4.98 Å². The molecule has 70 valence electrons. The highest BCUT2D eigenvalue weighted by Crippen LogP contribution is 2.30. The third-order valence-electron chi connectivity index (χ3n) is 2.06. The molecule has 1 heterocycles. The van der Waals surface area contributed by atoms with Gasteiger partial charge >= 0.3 is 0 Å². The van der Waals surface area contributed by atoms with Crippen LogP contribution in [-0.2, 0) is 0 Å². The van der Waals surface area contributed by atoms with Crippen molar-refractivity contribution in [3.05, 3.63) is 21.8 Å². The van der Waals surface area contributed by atoms with E-state index in [1.165, 1.54) is 12.8 Å². The maximum absolute atomic E-state index is 5.98. The van der Waals surface area contributed by atoms with Crippen LogP contribution in [0.5, 0.6) is 0 Å². The summed E-state index contributed by atoms with van der Waals surface area (Å²) < 4.78 is 0.912. The summed E-state index contributed by atoms with van der Waals surface area (Å²) in [6.45, 7) is 0.994. The molecule has 1 N–H and O–H groups in total. The van der Waals surface area contributed by atoms with E-state index in [1.54, 1.807) is 6.20 Å². The highest BCUT2D eigenvalue weighted by atomic mass is 79.9. The van der Waals surface area contributed by atoms with Gasteiger partial charge in [0, 0.05) is 17.2 Å². The van der Waals surface area contributed by atoms with Crippen LogP contribution in [0, 0.1) is 5.92 Å². The van der Waals surface area contributed by atoms with Crippen molar-refractivity contribution in [3.63, 3.8) is 0 Å². The maximum Gasteiger partial charge on any atom is 0.144 e. The molecule has 1 fully saturated rings. The average Bonchev–Trinajstić information content (AvgIpc) is 2.86. The Morgan fingerprint density at radius 3 is 3.00 bits per heavy atom. The van der Waals surface area contributed by atoms with E-state index in [2.05, 4.69) is 26.2 Å². The zero-order chi connectivity index (χ0) is 9.26. The summed E-state index contributed by atoms with van der Waals surface area (Å²) in [4.78, 5) is 4.19. The van der Waals surface area contributed by atoms with Crippen molar-refractivity contribution < 1.29 is 0 Å². The van der Waals surface area contributed by atoms with Gasteiger partial charge in [-0.05, 0) is 40.8 Å². The summed E-state index contributed by atoms with van der Waals surface area (Å²) in [7, 11) is 0. The SMILES string of the molecule is Clc1cc(Br)cnc1NCC1CC1. The minimum Gasteiger partial charge on any atom is -0.369 e. The highest BCUT2D eigenvalue weighted by molar-refractivity contribution is 9.10. The zero-order valence-electron chi connectivity index (χ0n) is 7.06. The van der Waals surface area contributed by atoms with Gasteiger partial charge in [0.15, 0.2) is 0 Å². The molecule has 13 heavy (non-hydrogen) atoms. The Morgan fingerprint density at radius 1 is 1.62 bits per heavy atom. The molecule has 0 bridgehead atoms. The van der Waals surface area contributed by atoms with Crippen LogP contribution >= 0.6 is 27.5 Å². The maximum atomic E-state index is 5.98. The van der Waals surface area contributed by atoms with Crippen LogP contribution < -0.4 is 5.32 Å². The number of rotatable bonds is 3. The lowest BCUT2D eigenvalue weighted by Gasteiger charge is -2.05. The second-order valence-corrected chi connectivity index (χ2v) is 4.63. The van der Waals surface area contributed by atoms with Crippen LogP contribution in [0.15, 0.2) is 16.7 Å². The van der Waals surface area contributed by atoms with E-state index in [4.69, 9.17) is 11.6 Å². The number of anilines is 1. The molecule has 0 spiro atoms. The molecular formula is C9H10BrClN2. The predicted molar refractivity (Wildman–Crippen MR) is 58.2 cm³/mol. The first-order valence-electron chi connectivity index (χ1n) is 4.30. The number of nitrogens with zero attached hydrogens (tertiary/aromatic N) is 1. The van der Waals surface area contributed by atoms with Crippen molar-refractivity contribution in [2.75, 3.05) is 11.9 Å². The van der Waals surface area contributed by atoms with Gasteiger partial charge in [0.1, 0.15) is 5.82 Å². The fourth-order valence-electron chi connectivity index (χ4n) is 1.11. The van der Waals surface area contributed by atoms with E-state index >= 15 is 0 Å². The van der Waals surface area contributed by atoms with Crippen LogP contribution in [0.1, 0.15) is 12.8 Å². The normalized spacial score (nSPS) is 15.8. The van der Waals surface area contributed by atoms with Crippen LogP contribution in [-0.4, -0.2) is 11.5 Å². The van der Waals surface area contributed by atoms with Gasteiger partial charge in [0.25, 0.3) is 0 Å². The Balaban J connectivity index is 2.01. The molecule has 0 atom stereocenters. The third kappa shape index (κ3) is 2.58. The summed E-state index contributed by atoms with van der Waals surface area (Å²) in [5.74, 6) is 1.62. The van der Waals surface area contributed by atoms with E-state index in [-0.39, 0.29) is 0 Å². The first kappa shape index (κ1) is 9.28. The Hall–Kier alpha value is -0.280. The predicted octanol–water partition coefficient (Wildman–Crippen LogP) is 3.32. The summed E-state index contributed by atoms with van der Waals surface area (Å²) in [6, 6.07) is 1.85. The van der Waals surface area contributed by atoms with Crippen LogP contribution in [0.4, 0.5) is 5.82 Å². The molecule has 0 aromatic carbocycles. The lowest BCUT2D eigenvalue weighted by atomic mass is 10.4. The number of aromatic nitrogens is 1. The highest BCUT2D eigenvalue weighted by Gasteiger charge is 2.21. The van der Waals surface area contributed by atoms with E-state index in [9.17, 15) is 0 Å². The molecule has 1 aliphatic rings. The molecule has 1 aromatic rings. The molecule has 1 aliphatic carbocycles. The first-order valence-corrected chi connectivity index (χ1v) is 5.48. The van der Waals surface area contributed by atoms with Crippen LogP contribution in [0.3, 0.4) is 0 Å². The molecule has 4 heteroatoms. The summed E-state index contributed by atoms with van der Waals surface area (Å²) in [5, 5.41) is 3.91. The Morgan fingerprint density at radius 2 is 2.38 bits per heavy atom. The van der Waals surface area contributed by atoms with Gasteiger partial charge < -0.3 is 5.32 Å². The standard InChI is InChI=1S/C9H10BrClN2/c10-7-3-8(11)9(13-5-7)12-4-6-1-2-6/h3,5-6H,1-2,4H2,(H,12,13). The fourth-order valence-corrected chi connectivity index (χ4v) is 1.80. The second-order valence-electron chi connectivity index (χ2n) is 3.31. The third-order valence-corrected chi connectivity index (χ3v) is 2.78. The largest absolute Gasteiger partial charge is 0.369 e. The molecule has 0 amide bonds. The molecule has 0 unspecified atom stereocenters. The van der Waals surface area contributed by atoms with Crippen molar-refractivity contribution in [1.29, 1.82) is 0 Å². The Kier molecular flexibility index (Phi) is 2.74. The minimum absolute atomic E-state index is 0.676. The summed E-state index contributed by atoms with van der Waals surface area (Å²) >= 11 is 9.29. The number of hydrogen-bond donors (Lipinski definition) is 1. The van der Waals surface area contributed by atoms with E-state index in [0.717, 1.165) is 22.8 Å². The molecule has 0 radical (unpaired) electrons. The molecule has 2 nitrogen and oxygen atoms in total. The molecule has 0 aliphatic heterocycles. The Labute approximate surface area is 90.8 Å². The van der Waals surface area contributed by atoms with E-state index in [1.807, 2.05) is 6.07 Å². The van der Waals surface area contributed by atoms with Gasteiger partial charge in [-0.15, -0.1) is 0 Å². The molecule has 0 saturated heterocycles. The molecule has 1 aromatic heterocycles. The van der Waals surface area contributed by atoms with E-state index < -0.39 is 0 Å². The summed E-state index contributed by atoms with van der Waals surface area (Å²) in [6.07, 6.45) is 4.42. The lowest BCUT2D eigenvalue weighted by molar-refractivity contribution is 0.883. The number of halogens is 2. The van der Waals surface area contributed by atoms with Crippen molar-refractivity contribution in [3.8, 4) is 0 Å². The minimum atomic E-state index is 0.676. The van der Waals surface area contributed by atoms with Crippen molar-refractivity contribution >= 4 is 33.3 Å². The van der Waals surface area contributed by atoms with Crippen molar-refractivity contribution in [2.45, 2.75) is 12.8 Å². The lowest BCUT2D eigenvalue weighted by Crippen LogP contribution is -2.05. The van der Waals surface area contributed by atoms with Gasteiger partial charge in [-0.3, -0.25) is 0 Å². The molecule has 2 rings (SSSR count). The van der Waals surface area contributed by atoms with Crippen molar-refractivity contribution in [1.82, 2.24) is 4.98 Å². The van der Waals surface area contributed by atoms with Gasteiger partial charge in [0.2, 0.25) is 0 Å². The Bertz CT molecular complexity index is 312. The number of nitrogens with one attached hydrogen (secondary N) is 1. The van der Waals surface area contributed by atoms with Gasteiger partial charge in [0.05, 0.1) is 5.02 Å². The zero-order valence-corrected chi connectivity index (χ0v) is 9.40. The smallest absolute Gasteiger partial charge is 0.144 e. The number of hydrogen-bond acceptors (Lipinski definition) is 2. The monoisotopic (exact) mass is 260 g/mol. The molecular weight excluding hydrogens is 251 g/mol.